The average molecular weight is 284 g/mol. The van der Waals surface area contributed by atoms with E-state index >= 15 is 0 Å². The zero-order valence-corrected chi connectivity index (χ0v) is 13.4. The SMILES string of the molecule is CC(NC(=O)OC(C)(C)C)C(=O)N(C)C1CCCCC1. The molecule has 1 atom stereocenters. The van der Waals surface area contributed by atoms with Gasteiger partial charge in [-0.2, -0.15) is 0 Å². The summed E-state index contributed by atoms with van der Waals surface area (Å²) >= 11 is 0. The molecule has 1 aliphatic rings. The normalized spacial score (nSPS) is 18.2. The minimum atomic E-state index is -0.559. The van der Waals surface area contributed by atoms with E-state index in [-0.39, 0.29) is 5.91 Å². The minimum Gasteiger partial charge on any atom is -0.444 e. The van der Waals surface area contributed by atoms with E-state index in [9.17, 15) is 9.59 Å². The first-order valence-electron chi connectivity index (χ1n) is 7.47. The summed E-state index contributed by atoms with van der Waals surface area (Å²) in [5.74, 6) is -0.0530. The zero-order chi connectivity index (χ0) is 15.3. The number of nitrogens with zero attached hydrogens (tertiary/aromatic N) is 1. The maximum Gasteiger partial charge on any atom is 0.408 e. The summed E-state index contributed by atoms with van der Waals surface area (Å²) in [6.45, 7) is 7.10. The molecule has 1 fully saturated rings. The van der Waals surface area contributed by atoms with E-state index < -0.39 is 17.7 Å². The van der Waals surface area contributed by atoms with Gasteiger partial charge in [0, 0.05) is 13.1 Å². The molecule has 116 valence electrons. The second-order valence-corrected chi connectivity index (χ2v) is 6.61. The number of nitrogens with one attached hydrogen (secondary N) is 1. The molecule has 0 saturated heterocycles. The molecule has 1 aliphatic carbocycles. The van der Waals surface area contributed by atoms with Crippen LogP contribution >= 0.6 is 0 Å². The Balaban J connectivity index is 2.47. The molecule has 0 aliphatic heterocycles. The molecule has 5 nitrogen and oxygen atoms in total. The van der Waals surface area contributed by atoms with Crippen LogP contribution < -0.4 is 5.32 Å². The third-order valence-corrected chi connectivity index (χ3v) is 3.57. The lowest BCUT2D eigenvalue weighted by molar-refractivity contribution is -0.134. The molecule has 0 heterocycles. The Kier molecular flexibility index (Phi) is 5.84. The largest absolute Gasteiger partial charge is 0.444 e. The van der Waals surface area contributed by atoms with Crippen molar-refractivity contribution in [3.05, 3.63) is 0 Å². The average Bonchev–Trinajstić information content (AvgIpc) is 2.35. The Labute approximate surface area is 122 Å². The summed E-state index contributed by atoms with van der Waals surface area (Å²) in [6.07, 6.45) is 5.18. The zero-order valence-electron chi connectivity index (χ0n) is 13.4. The van der Waals surface area contributed by atoms with Gasteiger partial charge < -0.3 is 15.0 Å². The van der Waals surface area contributed by atoms with Crippen molar-refractivity contribution in [3.8, 4) is 0 Å². The van der Waals surface area contributed by atoms with E-state index in [2.05, 4.69) is 5.32 Å². The Morgan fingerprint density at radius 2 is 1.75 bits per heavy atom. The van der Waals surface area contributed by atoms with Crippen molar-refractivity contribution in [3.63, 3.8) is 0 Å². The first-order chi connectivity index (χ1) is 9.20. The summed E-state index contributed by atoms with van der Waals surface area (Å²) in [5.41, 5.74) is -0.553. The lowest BCUT2D eigenvalue weighted by atomic mass is 9.94. The summed E-state index contributed by atoms with van der Waals surface area (Å²) in [4.78, 5) is 25.7. The molecule has 0 spiro atoms. The van der Waals surface area contributed by atoms with Crippen LogP contribution in [0.3, 0.4) is 0 Å². The van der Waals surface area contributed by atoms with E-state index in [0.29, 0.717) is 6.04 Å². The van der Waals surface area contributed by atoms with Gasteiger partial charge in [-0.3, -0.25) is 4.79 Å². The molecule has 1 N–H and O–H groups in total. The van der Waals surface area contributed by atoms with Gasteiger partial charge in [-0.1, -0.05) is 19.3 Å². The molecular weight excluding hydrogens is 256 g/mol. The van der Waals surface area contributed by atoms with Crippen molar-refractivity contribution >= 4 is 12.0 Å². The fraction of sp³-hybridized carbons (Fsp3) is 0.867. The van der Waals surface area contributed by atoms with Crippen molar-refractivity contribution in [1.29, 1.82) is 0 Å². The van der Waals surface area contributed by atoms with E-state index in [1.807, 2.05) is 7.05 Å². The predicted molar refractivity (Wildman–Crippen MR) is 78.5 cm³/mol. The summed E-state index contributed by atoms with van der Waals surface area (Å²) < 4.78 is 5.16. The first kappa shape index (κ1) is 16.8. The van der Waals surface area contributed by atoms with Gasteiger partial charge in [-0.15, -0.1) is 0 Å². The van der Waals surface area contributed by atoms with E-state index in [0.717, 1.165) is 12.8 Å². The van der Waals surface area contributed by atoms with Crippen molar-refractivity contribution in [2.75, 3.05) is 7.05 Å². The molecule has 0 aromatic heterocycles. The first-order valence-corrected chi connectivity index (χ1v) is 7.47. The van der Waals surface area contributed by atoms with Crippen molar-refractivity contribution in [1.82, 2.24) is 10.2 Å². The van der Waals surface area contributed by atoms with Gasteiger partial charge in [0.25, 0.3) is 0 Å². The Morgan fingerprint density at radius 1 is 1.20 bits per heavy atom. The number of carbonyl (C=O) groups excluding carboxylic acids is 2. The minimum absolute atomic E-state index is 0.0530. The highest BCUT2D eigenvalue weighted by atomic mass is 16.6. The van der Waals surface area contributed by atoms with E-state index in [1.54, 1.807) is 32.6 Å². The number of likely N-dealkylation sites (N-methyl/N-ethyl adjacent to an activating group) is 1. The van der Waals surface area contributed by atoms with Crippen LogP contribution in [0.15, 0.2) is 0 Å². The van der Waals surface area contributed by atoms with Crippen molar-refractivity contribution < 1.29 is 14.3 Å². The quantitative estimate of drug-likeness (QED) is 0.867. The van der Waals surface area contributed by atoms with Crippen LogP contribution in [0.2, 0.25) is 0 Å². The summed E-state index contributed by atoms with van der Waals surface area (Å²) in [5, 5.41) is 2.60. The number of hydrogen-bond donors (Lipinski definition) is 1. The molecule has 0 aromatic carbocycles. The maximum absolute atomic E-state index is 12.3. The van der Waals surface area contributed by atoms with Crippen LogP contribution in [0.5, 0.6) is 0 Å². The number of alkyl carbamates (subject to hydrolysis) is 1. The Bertz CT molecular complexity index is 344. The lowest BCUT2D eigenvalue weighted by Gasteiger charge is -2.33. The number of rotatable bonds is 3. The fourth-order valence-corrected chi connectivity index (χ4v) is 2.50. The van der Waals surface area contributed by atoms with Gasteiger partial charge >= 0.3 is 6.09 Å². The monoisotopic (exact) mass is 284 g/mol. The van der Waals surface area contributed by atoms with Crippen LogP contribution in [-0.2, 0) is 9.53 Å². The molecule has 2 amide bonds. The number of hydrogen-bond acceptors (Lipinski definition) is 3. The Hall–Kier alpha value is -1.26. The van der Waals surface area contributed by atoms with Crippen LogP contribution in [0.25, 0.3) is 0 Å². The molecule has 1 rings (SSSR count). The fourth-order valence-electron chi connectivity index (χ4n) is 2.50. The standard InChI is InChI=1S/C15H28N2O3/c1-11(16-14(19)20-15(2,3)4)13(18)17(5)12-9-7-6-8-10-12/h11-12H,6-10H2,1-5H3,(H,16,19). The topological polar surface area (TPSA) is 58.6 Å². The molecule has 20 heavy (non-hydrogen) atoms. The summed E-state index contributed by atoms with van der Waals surface area (Å²) in [6, 6.07) is -0.254. The molecule has 1 unspecified atom stereocenters. The smallest absolute Gasteiger partial charge is 0.408 e. The van der Waals surface area contributed by atoms with Crippen molar-refractivity contribution in [2.45, 2.75) is 77.5 Å². The Morgan fingerprint density at radius 3 is 2.25 bits per heavy atom. The highest BCUT2D eigenvalue weighted by Gasteiger charge is 2.27. The molecular formula is C15H28N2O3. The molecule has 0 radical (unpaired) electrons. The predicted octanol–water partition coefficient (Wildman–Crippen LogP) is 2.69. The number of amides is 2. The molecule has 0 bridgehead atoms. The molecule has 1 saturated carbocycles. The van der Waals surface area contributed by atoms with Crippen LogP contribution in [0.1, 0.15) is 59.8 Å². The number of ether oxygens (including phenoxy) is 1. The van der Waals surface area contributed by atoms with Gasteiger partial charge in [-0.25, -0.2) is 4.79 Å². The highest BCUT2D eigenvalue weighted by molar-refractivity contribution is 5.85. The molecule has 0 aromatic rings. The van der Waals surface area contributed by atoms with Gasteiger partial charge in [0.2, 0.25) is 5.91 Å². The van der Waals surface area contributed by atoms with Gasteiger partial charge in [-0.05, 0) is 40.5 Å². The van der Waals surface area contributed by atoms with Crippen molar-refractivity contribution in [2.24, 2.45) is 0 Å². The highest BCUT2D eigenvalue weighted by Crippen LogP contribution is 2.22. The van der Waals surface area contributed by atoms with Crippen LogP contribution in [0.4, 0.5) is 4.79 Å². The summed E-state index contributed by atoms with van der Waals surface area (Å²) in [7, 11) is 1.82. The van der Waals surface area contributed by atoms with Crippen LogP contribution in [-0.4, -0.2) is 41.6 Å². The van der Waals surface area contributed by atoms with E-state index in [4.69, 9.17) is 4.74 Å². The van der Waals surface area contributed by atoms with Gasteiger partial charge in [0.15, 0.2) is 0 Å². The van der Waals surface area contributed by atoms with Gasteiger partial charge in [0.1, 0.15) is 11.6 Å². The van der Waals surface area contributed by atoms with Gasteiger partial charge in [0.05, 0.1) is 0 Å². The van der Waals surface area contributed by atoms with Crippen LogP contribution in [0, 0.1) is 0 Å². The second-order valence-electron chi connectivity index (χ2n) is 6.61. The number of carbonyl (C=O) groups is 2. The maximum atomic E-state index is 12.3. The van der Waals surface area contributed by atoms with E-state index in [1.165, 1.54) is 19.3 Å². The lowest BCUT2D eigenvalue weighted by Crippen LogP contribution is -2.50. The molecule has 5 heteroatoms. The third-order valence-electron chi connectivity index (χ3n) is 3.57. The third kappa shape index (κ3) is 5.39. The second kappa shape index (κ2) is 6.95.